The van der Waals surface area contributed by atoms with Gasteiger partial charge in [-0.25, -0.2) is 0 Å². The molecule has 0 aromatic rings. The van der Waals surface area contributed by atoms with Crippen molar-refractivity contribution >= 4 is 5.91 Å². The molecule has 1 atom stereocenters. The van der Waals surface area contributed by atoms with Crippen LogP contribution < -0.4 is 11.1 Å². The highest BCUT2D eigenvalue weighted by molar-refractivity contribution is 5.80. The van der Waals surface area contributed by atoms with Crippen LogP contribution >= 0.6 is 0 Å². The lowest BCUT2D eigenvalue weighted by Gasteiger charge is -2.23. The number of primary amides is 1. The van der Waals surface area contributed by atoms with Crippen LogP contribution in [0.2, 0.25) is 0 Å². The molecule has 0 saturated carbocycles. The number of amides is 1. The Labute approximate surface area is 100 Å². The minimum atomic E-state index is -0.447. The van der Waals surface area contributed by atoms with Crippen LogP contribution in [0.5, 0.6) is 0 Å². The van der Waals surface area contributed by atoms with E-state index in [0.717, 1.165) is 0 Å². The molecule has 0 bridgehead atoms. The van der Waals surface area contributed by atoms with Crippen molar-refractivity contribution in [1.82, 2.24) is 5.32 Å². The van der Waals surface area contributed by atoms with Gasteiger partial charge in [-0.2, -0.15) is 0 Å². The Bertz CT molecular complexity index is 202. The molecule has 0 aromatic carbocycles. The number of rotatable bonds is 9. The molecule has 16 heavy (non-hydrogen) atoms. The predicted molar refractivity (Wildman–Crippen MR) is 69.2 cm³/mol. The largest absolute Gasteiger partial charge is 0.369 e. The number of hydrogen-bond donors (Lipinski definition) is 2. The summed E-state index contributed by atoms with van der Waals surface area (Å²) in [5, 5.41) is 3.38. The molecule has 0 aromatic heterocycles. The van der Waals surface area contributed by atoms with Gasteiger partial charge in [0.15, 0.2) is 0 Å². The minimum Gasteiger partial charge on any atom is -0.369 e. The number of hydrogen-bond acceptors (Lipinski definition) is 2. The molecule has 0 fully saturated rings. The summed E-state index contributed by atoms with van der Waals surface area (Å²) in [6, 6.07) is 0.468. The van der Waals surface area contributed by atoms with Crippen LogP contribution in [0.15, 0.2) is 0 Å². The van der Waals surface area contributed by atoms with Gasteiger partial charge < -0.3 is 11.1 Å². The van der Waals surface area contributed by atoms with Gasteiger partial charge in [-0.3, -0.25) is 4.79 Å². The lowest BCUT2D eigenvalue weighted by molar-refractivity contribution is -0.125. The Morgan fingerprint density at radius 3 is 2.44 bits per heavy atom. The van der Waals surface area contributed by atoms with Gasteiger partial charge in [-0.1, -0.05) is 32.6 Å². The Balaban J connectivity index is 3.64. The van der Waals surface area contributed by atoms with Crippen LogP contribution in [0.1, 0.15) is 59.8 Å². The van der Waals surface area contributed by atoms with E-state index in [2.05, 4.69) is 19.2 Å². The van der Waals surface area contributed by atoms with E-state index in [1.807, 2.05) is 13.8 Å². The summed E-state index contributed by atoms with van der Waals surface area (Å²) in [6.07, 6.45) is 6.34. The second-order valence-corrected chi connectivity index (χ2v) is 5.38. The van der Waals surface area contributed by atoms with Crippen molar-refractivity contribution in [2.24, 2.45) is 11.1 Å². The second kappa shape index (κ2) is 7.66. The van der Waals surface area contributed by atoms with Crippen LogP contribution in [-0.4, -0.2) is 18.5 Å². The number of nitrogens with two attached hydrogens (primary N) is 1. The van der Waals surface area contributed by atoms with Crippen molar-refractivity contribution in [3.05, 3.63) is 0 Å². The molecular formula is C13H28N2O. The molecule has 0 radical (unpaired) electrons. The summed E-state index contributed by atoms with van der Waals surface area (Å²) < 4.78 is 0. The second-order valence-electron chi connectivity index (χ2n) is 5.38. The number of unbranched alkanes of at least 4 members (excludes halogenated alkanes) is 3. The van der Waals surface area contributed by atoms with E-state index < -0.39 is 5.41 Å². The van der Waals surface area contributed by atoms with Gasteiger partial charge in [0.1, 0.15) is 0 Å². The molecule has 1 amide bonds. The molecule has 0 aliphatic carbocycles. The fourth-order valence-electron chi connectivity index (χ4n) is 1.50. The van der Waals surface area contributed by atoms with Crippen LogP contribution in [-0.2, 0) is 4.79 Å². The average molecular weight is 228 g/mol. The van der Waals surface area contributed by atoms with Gasteiger partial charge in [-0.05, 0) is 27.2 Å². The molecule has 0 aliphatic rings. The highest BCUT2D eigenvalue weighted by Crippen LogP contribution is 2.13. The van der Waals surface area contributed by atoms with Crippen LogP contribution in [0.4, 0.5) is 0 Å². The average Bonchev–Trinajstić information content (AvgIpc) is 2.21. The van der Waals surface area contributed by atoms with E-state index in [4.69, 9.17) is 5.73 Å². The zero-order chi connectivity index (χ0) is 12.6. The maximum absolute atomic E-state index is 11.1. The normalized spacial score (nSPS) is 13.8. The summed E-state index contributed by atoms with van der Waals surface area (Å²) in [5.74, 6) is -0.238. The van der Waals surface area contributed by atoms with Gasteiger partial charge in [0.25, 0.3) is 0 Å². The van der Waals surface area contributed by atoms with E-state index in [1.54, 1.807) is 0 Å². The van der Waals surface area contributed by atoms with E-state index in [1.165, 1.54) is 32.1 Å². The van der Waals surface area contributed by atoms with Crippen molar-refractivity contribution in [3.8, 4) is 0 Å². The molecule has 3 N–H and O–H groups in total. The summed E-state index contributed by atoms with van der Waals surface area (Å²) >= 11 is 0. The lowest BCUT2D eigenvalue weighted by Crippen LogP contribution is -2.43. The quantitative estimate of drug-likeness (QED) is 0.596. The minimum absolute atomic E-state index is 0.238. The van der Waals surface area contributed by atoms with E-state index in [-0.39, 0.29) is 5.91 Å². The van der Waals surface area contributed by atoms with Crippen LogP contribution in [0, 0.1) is 5.41 Å². The smallest absolute Gasteiger partial charge is 0.224 e. The fourth-order valence-corrected chi connectivity index (χ4v) is 1.50. The maximum Gasteiger partial charge on any atom is 0.224 e. The maximum atomic E-state index is 11.1. The van der Waals surface area contributed by atoms with Gasteiger partial charge in [0.2, 0.25) is 5.91 Å². The fraction of sp³-hybridized carbons (Fsp3) is 0.923. The molecule has 0 spiro atoms. The number of carbonyl (C=O) groups excluding carboxylic acids is 1. The van der Waals surface area contributed by atoms with Crippen LogP contribution in [0.3, 0.4) is 0 Å². The van der Waals surface area contributed by atoms with Gasteiger partial charge in [-0.15, -0.1) is 0 Å². The molecular weight excluding hydrogens is 200 g/mol. The van der Waals surface area contributed by atoms with Gasteiger partial charge in [0, 0.05) is 12.6 Å². The third kappa shape index (κ3) is 6.83. The molecule has 3 heteroatoms. The molecule has 3 nitrogen and oxygen atoms in total. The Morgan fingerprint density at radius 1 is 1.31 bits per heavy atom. The molecule has 0 saturated heterocycles. The zero-order valence-corrected chi connectivity index (χ0v) is 11.3. The molecule has 96 valence electrons. The van der Waals surface area contributed by atoms with Crippen molar-refractivity contribution in [3.63, 3.8) is 0 Å². The predicted octanol–water partition coefficient (Wildman–Crippen LogP) is 2.45. The summed E-state index contributed by atoms with van der Waals surface area (Å²) in [6.45, 7) is 8.82. The lowest BCUT2D eigenvalue weighted by atomic mass is 9.92. The van der Waals surface area contributed by atoms with Crippen molar-refractivity contribution < 1.29 is 4.79 Å². The Kier molecular flexibility index (Phi) is 7.39. The highest BCUT2D eigenvalue weighted by Gasteiger charge is 2.24. The summed E-state index contributed by atoms with van der Waals surface area (Å²) in [5.41, 5.74) is 4.87. The number of nitrogens with one attached hydrogen (secondary N) is 1. The monoisotopic (exact) mass is 228 g/mol. The SMILES string of the molecule is CCCCCCC(C)NCC(C)(C)C(N)=O. The first-order valence-corrected chi connectivity index (χ1v) is 6.43. The summed E-state index contributed by atoms with van der Waals surface area (Å²) in [4.78, 5) is 11.1. The van der Waals surface area contributed by atoms with Crippen molar-refractivity contribution in [1.29, 1.82) is 0 Å². The Morgan fingerprint density at radius 2 is 1.94 bits per heavy atom. The number of carbonyl (C=O) groups is 1. The van der Waals surface area contributed by atoms with Gasteiger partial charge in [0.05, 0.1) is 5.41 Å². The van der Waals surface area contributed by atoms with Gasteiger partial charge >= 0.3 is 0 Å². The van der Waals surface area contributed by atoms with Crippen LogP contribution in [0.25, 0.3) is 0 Å². The van der Waals surface area contributed by atoms with E-state index >= 15 is 0 Å². The first kappa shape index (κ1) is 15.4. The third-order valence-electron chi connectivity index (χ3n) is 3.05. The third-order valence-corrected chi connectivity index (χ3v) is 3.05. The molecule has 0 heterocycles. The molecule has 1 unspecified atom stereocenters. The Hall–Kier alpha value is -0.570. The van der Waals surface area contributed by atoms with Crippen molar-refractivity contribution in [2.75, 3.05) is 6.54 Å². The highest BCUT2D eigenvalue weighted by atomic mass is 16.1. The first-order valence-electron chi connectivity index (χ1n) is 6.43. The standard InChI is InChI=1S/C13H28N2O/c1-5-6-7-8-9-11(2)15-10-13(3,4)12(14)16/h11,15H,5-10H2,1-4H3,(H2,14,16). The van der Waals surface area contributed by atoms with E-state index in [0.29, 0.717) is 12.6 Å². The zero-order valence-electron chi connectivity index (χ0n) is 11.3. The topological polar surface area (TPSA) is 55.1 Å². The molecule has 0 aliphatic heterocycles. The summed E-state index contributed by atoms with van der Waals surface area (Å²) in [7, 11) is 0. The van der Waals surface area contributed by atoms with Crippen molar-refractivity contribution in [2.45, 2.75) is 65.8 Å². The first-order chi connectivity index (χ1) is 7.40. The molecule has 0 rings (SSSR count). The van der Waals surface area contributed by atoms with E-state index in [9.17, 15) is 4.79 Å².